The van der Waals surface area contributed by atoms with Crippen LogP contribution in [-0.2, 0) is 9.59 Å². The average molecular weight is 322 g/mol. The zero-order valence-corrected chi connectivity index (χ0v) is 14.2. The molecule has 1 aliphatic heterocycles. The Bertz CT molecular complexity index is 554. The average Bonchev–Trinajstić information content (AvgIpc) is 2.83. The quantitative estimate of drug-likeness (QED) is 0.761. The lowest BCUT2D eigenvalue weighted by Gasteiger charge is -2.34. The Kier molecular flexibility index (Phi) is 5.41. The molecule has 1 aromatic heterocycles. The Morgan fingerprint density at radius 2 is 1.91 bits per heavy atom. The number of carboxylic acid groups (broad SMARTS) is 1. The van der Waals surface area contributed by atoms with Crippen molar-refractivity contribution < 1.29 is 14.7 Å². The first-order chi connectivity index (χ1) is 10.8. The number of amides is 1. The highest BCUT2D eigenvalue weighted by Gasteiger charge is 2.32. The molecular formula is C16H26N4O3. The van der Waals surface area contributed by atoms with Crippen LogP contribution in [0, 0.1) is 19.8 Å². The SMILES string of the molecule is Cc1n[nH]c(C)c1[C@@H](NC(=O)C1CCN(C(C)C)CC1)C(=O)O. The number of nitrogens with zero attached hydrogens (tertiary/aromatic N) is 2. The van der Waals surface area contributed by atoms with Crippen molar-refractivity contribution in [2.75, 3.05) is 13.1 Å². The summed E-state index contributed by atoms with van der Waals surface area (Å²) in [5, 5.41) is 19.0. The largest absolute Gasteiger partial charge is 0.479 e. The summed E-state index contributed by atoms with van der Waals surface area (Å²) in [5.74, 6) is -1.37. The molecule has 0 unspecified atom stereocenters. The maximum absolute atomic E-state index is 12.5. The summed E-state index contributed by atoms with van der Waals surface area (Å²) in [6, 6.07) is -0.577. The minimum absolute atomic E-state index is 0.126. The Balaban J connectivity index is 2.04. The summed E-state index contributed by atoms with van der Waals surface area (Å²) in [7, 11) is 0. The van der Waals surface area contributed by atoms with E-state index >= 15 is 0 Å². The van der Waals surface area contributed by atoms with E-state index in [2.05, 4.69) is 34.3 Å². The second-order valence-electron chi connectivity index (χ2n) is 6.53. The number of carbonyl (C=O) groups excluding carboxylic acids is 1. The van der Waals surface area contributed by atoms with Crippen LogP contribution in [0.15, 0.2) is 0 Å². The third-order valence-electron chi connectivity index (χ3n) is 4.64. The summed E-state index contributed by atoms with van der Waals surface area (Å²) >= 11 is 0. The van der Waals surface area contributed by atoms with E-state index in [1.807, 2.05) is 0 Å². The molecule has 3 N–H and O–H groups in total. The molecule has 0 radical (unpaired) electrons. The van der Waals surface area contributed by atoms with Gasteiger partial charge >= 0.3 is 5.97 Å². The van der Waals surface area contributed by atoms with Crippen molar-refractivity contribution in [3.8, 4) is 0 Å². The summed E-state index contributed by atoms with van der Waals surface area (Å²) in [6.45, 7) is 9.53. The molecule has 1 aliphatic rings. The van der Waals surface area contributed by atoms with Gasteiger partial charge in [0.1, 0.15) is 0 Å². The number of carboxylic acids is 1. The normalized spacial score (nSPS) is 18.1. The van der Waals surface area contributed by atoms with Crippen molar-refractivity contribution in [1.29, 1.82) is 0 Å². The van der Waals surface area contributed by atoms with Gasteiger partial charge in [0.2, 0.25) is 5.91 Å². The number of nitrogens with one attached hydrogen (secondary N) is 2. The van der Waals surface area contributed by atoms with Crippen molar-refractivity contribution in [2.24, 2.45) is 5.92 Å². The van der Waals surface area contributed by atoms with Crippen molar-refractivity contribution in [3.05, 3.63) is 17.0 Å². The number of carbonyl (C=O) groups is 2. The summed E-state index contributed by atoms with van der Waals surface area (Å²) in [5.41, 5.74) is 1.82. The van der Waals surface area contributed by atoms with Gasteiger partial charge in [0.05, 0.1) is 5.69 Å². The van der Waals surface area contributed by atoms with E-state index in [0.29, 0.717) is 23.0 Å². The van der Waals surface area contributed by atoms with Gasteiger partial charge in [-0.3, -0.25) is 9.89 Å². The molecule has 0 aromatic carbocycles. The zero-order chi connectivity index (χ0) is 17.1. The fourth-order valence-electron chi connectivity index (χ4n) is 3.18. The van der Waals surface area contributed by atoms with E-state index in [1.165, 1.54) is 0 Å². The number of aryl methyl sites for hydroxylation is 2. The Hall–Kier alpha value is -1.89. The third kappa shape index (κ3) is 3.90. The highest BCUT2D eigenvalue weighted by molar-refractivity contribution is 5.86. The maximum atomic E-state index is 12.5. The number of hydrogen-bond donors (Lipinski definition) is 3. The smallest absolute Gasteiger partial charge is 0.331 e. The predicted molar refractivity (Wildman–Crippen MR) is 86.0 cm³/mol. The lowest BCUT2D eigenvalue weighted by molar-refractivity contribution is -0.143. The zero-order valence-electron chi connectivity index (χ0n) is 14.2. The second kappa shape index (κ2) is 7.12. The van der Waals surface area contributed by atoms with Gasteiger partial charge in [-0.25, -0.2) is 4.79 Å². The minimum atomic E-state index is -1.06. The molecule has 1 amide bonds. The van der Waals surface area contributed by atoms with Crippen LogP contribution in [0.1, 0.15) is 49.7 Å². The van der Waals surface area contributed by atoms with Crippen LogP contribution < -0.4 is 5.32 Å². The Morgan fingerprint density at radius 3 is 2.35 bits per heavy atom. The topological polar surface area (TPSA) is 98.3 Å². The van der Waals surface area contributed by atoms with E-state index < -0.39 is 12.0 Å². The lowest BCUT2D eigenvalue weighted by Crippen LogP contribution is -2.45. The van der Waals surface area contributed by atoms with E-state index in [-0.39, 0.29) is 11.8 Å². The first kappa shape index (κ1) is 17.5. The molecule has 0 saturated carbocycles. The number of aliphatic carboxylic acids is 1. The van der Waals surface area contributed by atoms with Crippen LogP contribution in [0.3, 0.4) is 0 Å². The number of hydrogen-bond acceptors (Lipinski definition) is 4. The molecule has 2 heterocycles. The number of likely N-dealkylation sites (tertiary alicyclic amines) is 1. The molecule has 2 rings (SSSR count). The van der Waals surface area contributed by atoms with Gasteiger partial charge in [-0.05, 0) is 53.6 Å². The van der Waals surface area contributed by atoms with E-state index in [1.54, 1.807) is 13.8 Å². The number of H-pyrrole nitrogens is 1. The van der Waals surface area contributed by atoms with Gasteiger partial charge in [0.15, 0.2) is 6.04 Å². The summed E-state index contributed by atoms with van der Waals surface area (Å²) in [4.78, 5) is 26.4. The Morgan fingerprint density at radius 1 is 1.30 bits per heavy atom. The molecule has 0 spiro atoms. The summed E-state index contributed by atoms with van der Waals surface area (Å²) < 4.78 is 0. The van der Waals surface area contributed by atoms with Gasteiger partial charge < -0.3 is 15.3 Å². The minimum Gasteiger partial charge on any atom is -0.479 e. The molecule has 0 aliphatic carbocycles. The van der Waals surface area contributed by atoms with Crippen molar-refractivity contribution >= 4 is 11.9 Å². The van der Waals surface area contributed by atoms with Gasteiger partial charge in [-0.1, -0.05) is 0 Å². The van der Waals surface area contributed by atoms with Crippen molar-refractivity contribution in [2.45, 2.75) is 52.6 Å². The van der Waals surface area contributed by atoms with Crippen LogP contribution in [0.5, 0.6) is 0 Å². The molecule has 1 fully saturated rings. The monoisotopic (exact) mass is 322 g/mol. The Labute approximate surface area is 136 Å². The third-order valence-corrected chi connectivity index (χ3v) is 4.64. The predicted octanol–water partition coefficient (Wildman–Crippen LogP) is 1.39. The number of rotatable bonds is 5. The molecule has 1 atom stereocenters. The molecule has 128 valence electrons. The van der Waals surface area contributed by atoms with Gasteiger partial charge in [-0.2, -0.15) is 5.10 Å². The second-order valence-corrected chi connectivity index (χ2v) is 6.53. The highest BCUT2D eigenvalue weighted by Crippen LogP contribution is 2.23. The molecule has 0 bridgehead atoms. The number of aromatic amines is 1. The van der Waals surface area contributed by atoms with Crippen molar-refractivity contribution in [1.82, 2.24) is 20.4 Å². The first-order valence-electron chi connectivity index (χ1n) is 8.10. The number of piperidine rings is 1. The molecule has 1 aromatic rings. The van der Waals surface area contributed by atoms with E-state index in [9.17, 15) is 14.7 Å². The molecule has 7 heteroatoms. The number of aromatic nitrogens is 2. The highest BCUT2D eigenvalue weighted by atomic mass is 16.4. The van der Waals surface area contributed by atoms with Gasteiger partial charge in [0.25, 0.3) is 0 Å². The van der Waals surface area contributed by atoms with E-state index in [4.69, 9.17) is 0 Å². The van der Waals surface area contributed by atoms with Crippen molar-refractivity contribution in [3.63, 3.8) is 0 Å². The fourth-order valence-corrected chi connectivity index (χ4v) is 3.18. The van der Waals surface area contributed by atoms with Crippen LogP contribution in [0.2, 0.25) is 0 Å². The molecule has 1 saturated heterocycles. The molecule has 7 nitrogen and oxygen atoms in total. The fraction of sp³-hybridized carbons (Fsp3) is 0.688. The summed E-state index contributed by atoms with van der Waals surface area (Å²) in [6.07, 6.45) is 1.53. The van der Waals surface area contributed by atoms with Crippen LogP contribution in [0.4, 0.5) is 0 Å². The van der Waals surface area contributed by atoms with Crippen LogP contribution in [-0.4, -0.2) is 51.2 Å². The standard InChI is InChI=1S/C16H26N4O3/c1-9(2)20-7-5-12(6-8-20)15(21)17-14(16(22)23)13-10(3)18-19-11(13)4/h9,12,14H,5-8H2,1-4H3,(H,17,21)(H,18,19)(H,22,23)/t14-/m1/s1. The molecule has 23 heavy (non-hydrogen) atoms. The van der Waals surface area contributed by atoms with E-state index in [0.717, 1.165) is 25.9 Å². The van der Waals surface area contributed by atoms with Crippen LogP contribution in [0.25, 0.3) is 0 Å². The molecular weight excluding hydrogens is 296 g/mol. The maximum Gasteiger partial charge on any atom is 0.331 e. The van der Waals surface area contributed by atoms with Crippen LogP contribution >= 0.6 is 0 Å². The first-order valence-corrected chi connectivity index (χ1v) is 8.10. The van der Waals surface area contributed by atoms with Gasteiger partial charge in [0, 0.05) is 23.2 Å². The van der Waals surface area contributed by atoms with Gasteiger partial charge in [-0.15, -0.1) is 0 Å². The lowest BCUT2D eigenvalue weighted by atomic mass is 9.94.